The van der Waals surface area contributed by atoms with Gasteiger partial charge in [0.1, 0.15) is 17.2 Å². The highest BCUT2D eigenvalue weighted by Gasteiger charge is 2.31. The highest BCUT2D eigenvalue weighted by molar-refractivity contribution is 7.99. The second kappa shape index (κ2) is 27.0. The van der Waals surface area contributed by atoms with Crippen molar-refractivity contribution in [2.24, 2.45) is 11.8 Å². The van der Waals surface area contributed by atoms with Gasteiger partial charge in [0.25, 0.3) is 0 Å². The number of carbonyl (C=O) groups is 3. The van der Waals surface area contributed by atoms with Gasteiger partial charge in [-0.3, -0.25) is 14.4 Å². The van der Waals surface area contributed by atoms with Crippen LogP contribution in [0.15, 0.2) is 36.4 Å². The molecule has 0 amide bonds. The van der Waals surface area contributed by atoms with Crippen molar-refractivity contribution in [2.45, 2.75) is 241 Å². The van der Waals surface area contributed by atoms with Crippen molar-refractivity contribution >= 4 is 29.7 Å². The van der Waals surface area contributed by atoms with Crippen molar-refractivity contribution in [3.63, 3.8) is 0 Å². The number of phenolic OH excluding ortho intramolecular Hbond substituents is 3. The third-order valence-corrected chi connectivity index (χ3v) is 14.7. The van der Waals surface area contributed by atoms with Crippen LogP contribution in [0, 0.1) is 11.8 Å². The van der Waals surface area contributed by atoms with Crippen molar-refractivity contribution in [3.05, 3.63) is 86.5 Å². The third kappa shape index (κ3) is 21.2. The Morgan fingerprint density at radius 2 is 0.753 bits per heavy atom. The molecule has 2 atom stereocenters. The Bertz CT molecular complexity index is 2060. The van der Waals surface area contributed by atoms with Crippen LogP contribution >= 0.6 is 11.8 Å². The van der Waals surface area contributed by atoms with Crippen molar-refractivity contribution in [2.75, 3.05) is 18.1 Å². The Morgan fingerprint density at radius 3 is 1.04 bits per heavy atom. The molecule has 9 nitrogen and oxygen atoms in total. The van der Waals surface area contributed by atoms with Crippen LogP contribution in [-0.2, 0) is 70.9 Å². The van der Waals surface area contributed by atoms with Gasteiger partial charge in [-0.1, -0.05) is 200 Å². The number of esters is 1. The van der Waals surface area contributed by atoms with Crippen LogP contribution in [0.1, 0.15) is 239 Å². The van der Waals surface area contributed by atoms with E-state index in [4.69, 9.17) is 4.74 Å². The zero-order valence-corrected chi connectivity index (χ0v) is 49.8. The first kappa shape index (κ1) is 64.9. The van der Waals surface area contributed by atoms with Gasteiger partial charge in [0.15, 0.2) is 0 Å². The topological polar surface area (TPSA) is 162 Å². The van der Waals surface area contributed by atoms with E-state index in [1.165, 1.54) is 25.7 Å². The van der Waals surface area contributed by atoms with E-state index in [-0.39, 0.29) is 50.0 Å². The predicted molar refractivity (Wildman–Crippen MR) is 305 cm³/mol. The molecule has 73 heavy (non-hydrogen) atoms. The van der Waals surface area contributed by atoms with E-state index in [1.54, 1.807) is 11.8 Å². The van der Waals surface area contributed by atoms with E-state index >= 15 is 0 Å². The number of aliphatic carboxylic acids is 2. The number of unbranched alkanes of at least 4 members (excludes halogenated alkanes) is 5. The van der Waals surface area contributed by atoms with Crippen LogP contribution < -0.4 is 0 Å². The summed E-state index contributed by atoms with van der Waals surface area (Å²) in [4.78, 5) is 36.6. The van der Waals surface area contributed by atoms with Crippen molar-refractivity contribution < 1.29 is 44.7 Å². The van der Waals surface area contributed by atoms with Crippen LogP contribution in [0.2, 0.25) is 0 Å². The quantitative estimate of drug-likeness (QED) is 0.0484. The molecule has 0 aliphatic heterocycles. The van der Waals surface area contributed by atoms with Gasteiger partial charge >= 0.3 is 17.9 Å². The number of carbonyl (C=O) groups excluding carboxylic acids is 1. The average molecular weight is 1030 g/mol. The molecule has 3 rings (SSSR count). The van der Waals surface area contributed by atoms with Crippen molar-refractivity contribution in [1.82, 2.24) is 0 Å². The van der Waals surface area contributed by atoms with Gasteiger partial charge in [0.05, 0.1) is 18.4 Å². The van der Waals surface area contributed by atoms with Crippen LogP contribution in [0.4, 0.5) is 0 Å². The lowest BCUT2D eigenvalue weighted by Crippen LogP contribution is -2.21. The SMILES string of the molecule is CC(C)(C)c1cc(CC(CCSCCC(Cc2cc(C(C)(C)C)c(O)c(C(C)(C)C)c2)C(=O)O)C(=O)O)cc(C(C)(C)C)c1O.CCCCCCCCOC(=O)CCc1cc(C(C)(C)C)c(O)c(C(C)(C)C)c1. The van der Waals surface area contributed by atoms with E-state index in [1.807, 2.05) is 119 Å². The number of aromatic hydroxyl groups is 3. The molecule has 0 saturated carbocycles. The number of ether oxygens (including phenoxy) is 1. The zero-order valence-electron chi connectivity index (χ0n) is 49.0. The maximum absolute atomic E-state index is 12.3. The lowest BCUT2D eigenvalue weighted by atomic mass is 9.77. The Hall–Kier alpha value is -4.18. The predicted octanol–water partition coefficient (Wildman–Crippen LogP) is 15.8. The number of carboxylic acid groups (broad SMARTS) is 2. The first-order valence-corrected chi connectivity index (χ1v) is 28.3. The number of hydrogen-bond acceptors (Lipinski definition) is 8. The number of aryl methyl sites for hydroxylation is 1. The third-order valence-electron chi connectivity index (χ3n) is 13.6. The number of carboxylic acids is 2. The number of phenols is 3. The highest BCUT2D eigenvalue weighted by atomic mass is 32.2. The Morgan fingerprint density at radius 1 is 0.466 bits per heavy atom. The fourth-order valence-electron chi connectivity index (χ4n) is 9.03. The van der Waals surface area contributed by atoms with E-state index in [0.717, 1.165) is 62.9 Å². The summed E-state index contributed by atoms with van der Waals surface area (Å²) in [5.41, 5.74) is 6.58. The maximum Gasteiger partial charge on any atom is 0.306 e. The molecule has 412 valence electrons. The van der Waals surface area contributed by atoms with Gasteiger partial charge in [-0.25, -0.2) is 0 Å². The molecule has 10 heteroatoms. The number of benzene rings is 3. The molecule has 3 aromatic rings. The minimum absolute atomic E-state index is 0.128. The summed E-state index contributed by atoms with van der Waals surface area (Å²) < 4.78 is 5.40. The highest BCUT2D eigenvalue weighted by Crippen LogP contribution is 2.43. The molecule has 0 aliphatic carbocycles. The molecule has 0 fully saturated rings. The monoisotopic (exact) mass is 1030 g/mol. The molecular weight excluding hydrogens is 933 g/mol. The molecular formula is C63H100O9S. The smallest absolute Gasteiger partial charge is 0.306 e. The summed E-state index contributed by atoms with van der Waals surface area (Å²) in [5, 5.41) is 53.0. The Labute approximate surface area is 447 Å². The fourth-order valence-corrected chi connectivity index (χ4v) is 10.1. The molecule has 0 spiro atoms. The molecule has 0 aromatic heterocycles. The standard InChI is InChI=1S/C38H58O6S.C25H42O3/c1-35(2,3)27-19-23(20-28(31(27)39)36(4,5)6)17-25(33(41)42)13-15-45-16-14-26(34(43)44)18-24-21-29(37(7,8)9)32(40)30(22-24)38(10,11)12;1-8-9-10-11-12-13-16-28-22(26)15-14-19-17-20(24(2,3)4)23(27)21(18-19)25(5,6)7/h19-22,25-26,39-40H,13-18H2,1-12H3,(H,41,42)(H,43,44);17-18,27H,8-16H2,1-7H3. The average Bonchev–Trinajstić information content (AvgIpc) is 3.23. The Kier molecular flexibility index (Phi) is 24.1. The van der Waals surface area contributed by atoms with E-state index < -0.39 is 23.8 Å². The summed E-state index contributed by atoms with van der Waals surface area (Å²) in [6, 6.07) is 11.9. The summed E-state index contributed by atoms with van der Waals surface area (Å²) in [7, 11) is 0. The van der Waals surface area contributed by atoms with Gasteiger partial charge in [0, 0.05) is 6.42 Å². The summed E-state index contributed by atoms with van der Waals surface area (Å²) in [5.74, 6) is -0.815. The van der Waals surface area contributed by atoms with E-state index in [2.05, 4.69) is 48.5 Å². The van der Waals surface area contributed by atoms with Crippen molar-refractivity contribution in [1.29, 1.82) is 0 Å². The van der Waals surface area contributed by atoms with E-state index in [0.29, 0.717) is 62.4 Å². The lowest BCUT2D eigenvalue weighted by molar-refractivity contribution is -0.144. The second-order valence-corrected chi connectivity index (χ2v) is 28.0. The zero-order chi connectivity index (χ0) is 56.1. The van der Waals surface area contributed by atoms with Gasteiger partial charge in [0.2, 0.25) is 0 Å². The molecule has 3 aromatic carbocycles. The second-order valence-electron chi connectivity index (χ2n) is 26.8. The minimum atomic E-state index is -0.849. The molecule has 0 radical (unpaired) electrons. The number of thioether (sulfide) groups is 1. The summed E-state index contributed by atoms with van der Waals surface area (Å²) in [6.45, 7) is 39.9. The number of rotatable bonds is 22. The minimum Gasteiger partial charge on any atom is -0.507 e. The lowest BCUT2D eigenvalue weighted by Gasteiger charge is -2.28. The Balaban J connectivity index is 0.000000559. The molecule has 0 bridgehead atoms. The molecule has 5 N–H and O–H groups in total. The van der Waals surface area contributed by atoms with Crippen molar-refractivity contribution in [3.8, 4) is 17.2 Å². The molecule has 0 aliphatic rings. The molecule has 0 saturated heterocycles. The van der Waals surface area contributed by atoms with Crippen LogP contribution in [-0.4, -0.2) is 61.6 Å². The number of hydrogen-bond donors (Lipinski definition) is 5. The summed E-state index contributed by atoms with van der Waals surface area (Å²) >= 11 is 1.59. The summed E-state index contributed by atoms with van der Waals surface area (Å²) in [6.07, 6.45) is 9.83. The van der Waals surface area contributed by atoms with Gasteiger partial charge < -0.3 is 30.3 Å². The first-order valence-electron chi connectivity index (χ1n) is 27.1. The van der Waals surface area contributed by atoms with Crippen LogP contribution in [0.5, 0.6) is 17.2 Å². The van der Waals surface area contributed by atoms with Crippen LogP contribution in [0.25, 0.3) is 0 Å². The first-order chi connectivity index (χ1) is 33.3. The maximum atomic E-state index is 12.3. The molecule has 2 unspecified atom stereocenters. The van der Waals surface area contributed by atoms with E-state index in [9.17, 15) is 39.9 Å². The van der Waals surface area contributed by atoms with Crippen LogP contribution in [0.3, 0.4) is 0 Å². The normalized spacial score (nSPS) is 13.5. The van der Waals surface area contributed by atoms with Gasteiger partial charge in [-0.05, 0) is 133 Å². The largest absolute Gasteiger partial charge is 0.507 e. The molecule has 0 heterocycles. The fraction of sp³-hybridized carbons (Fsp3) is 0.667. The van der Waals surface area contributed by atoms with Gasteiger partial charge in [-0.15, -0.1) is 0 Å². The van der Waals surface area contributed by atoms with Gasteiger partial charge in [-0.2, -0.15) is 11.8 Å².